The summed E-state index contributed by atoms with van der Waals surface area (Å²) in [6.45, 7) is 0.349. The summed E-state index contributed by atoms with van der Waals surface area (Å²) < 4.78 is 0. The molecule has 3 heterocycles. The lowest BCUT2D eigenvalue weighted by molar-refractivity contribution is -0.131. The maximum absolute atomic E-state index is 13.0. The highest BCUT2D eigenvalue weighted by molar-refractivity contribution is 6.08. The second kappa shape index (κ2) is 7.33. The van der Waals surface area contributed by atoms with Crippen molar-refractivity contribution in [3.8, 4) is 0 Å². The number of hydrogen-bond donors (Lipinski definition) is 2. The molecule has 7 heteroatoms. The van der Waals surface area contributed by atoms with E-state index < -0.39 is 12.1 Å². The van der Waals surface area contributed by atoms with Crippen molar-refractivity contribution in [2.24, 2.45) is 0 Å². The number of para-hydroxylation sites is 2. The Kier molecular flexibility index (Phi) is 4.50. The molecule has 2 aliphatic heterocycles. The van der Waals surface area contributed by atoms with Crippen molar-refractivity contribution < 1.29 is 14.4 Å². The molecule has 4 amide bonds. The predicted molar refractivity (Wildman–Crippen MR) is 113 cm³/mol. The van der Waals surface area contributed by atoms with E-state index >= 15 is 0 Å². The monoisotopic (exact) mass is 402 g/mol. The van der Waals surface area contributed by atoms with Crippen molar-refractivity contribution in [2.75, 3.05) is 18.0 Å². The second-order valence-electron chi connectivity index (χ2n) is 7.77. The Balaban J connectivity index is 1.31. The highest BCUT2D eigenvalue weighted by Crippen LogP contribution is 2.27. The Hall–Kier alpha value is -3.61. The van der Waals surface area contributed by atoms with Crippen molar-refractivity contribution in [3.63, 3.8) is 0 Å². The molecular formula is C23H22N4O3. The highest BCUT2D eigenvalue weighted by Gasteiger charge is 2.40. The third kappa shape index (κ3) is 3.12. The second-order valence-corrected chi connectivity index (χ2v) is 7.77. The van der Waals surface area contributed by atoms with Crippen LogP contribution in [0.25, 0.3) is 10.9 Å². The van der Waals surface area contributed by atoms with Gasteiger partial charge < -0.3 is 15.2 Å². The standard InChI is InChI=1S/C23H22N4O3/c28-21(26-11-5-7-15-6-1-4-10-20(15)26)14-27-22(29)19(25-23(27)30)12-16-13-24-18-9-3-2-8-17(16)18/h1-4,6,8-10,13,19,24H,5,7,11-12,14H2,(H,25,30)/t19-/m1/s1. The molecule has 0 saturated carbocycles. The van der Waals surface area contributed by atoms with Crippen LogP contribution in [-0.4, -0.2) is 46.9 Å². The molecule has 1 fully saturated rings. The SMILES string of the molecule is O=C1N[C@H](Cc2c[nH]c3ccccc23)C(=O)N1CC(=O)N1CCCc2ccccc21. The maximum Gasteiger partial charge on any atom is 0.325 e. The van der Waals surface area contributed by atoms with Gasteiger partial charge in [-0.25, -0.2) is 4.79 Å². The van der Waals surface area contributed by atoms with Crippen LogP contribution in [0.1, 0.15) is 17.5 Å². The van der Waals surface area contributed by atoms with E-state index in [1.165, 1.54) is 0 Å². The summed E-state index contributed by atoms with van der Waals surface area (Å²) in [5.74, 6) is -0.595. The van der Waals surface area contributed by atoms with E-state index in [1.807, 2.05) is 54.7 Å². The van der Waals surface area contributed by atoms with E-state index in [0.717, 1.165) is 45.5 Å². The van der Waals surface area contributed by atoms with Crippen molar-refractivity contribution in [1.82, 2.24) is 15.2 Å². The smallest absolute Gasteiger partial charge is 0.325 e. The van der Waals surface area contributed by atoms with Gasteiger partial charge in [0.25, 0.3) is 5.91 Å². The van der Waals surface area contributed by atoms with E-state index in [2.05, 4.69) is 10.3 Å². The number of nitrogens with zero attached hydrogens (tertiary/aromatic N) is 2. The van der Waals surface area contributed by atoms with Crippen molar-refractivity contribution in [3.05, 3.63) is 65.9 Å². The van der Waals surface area contributed by atoms with E-state index in [0.29, 0.717) is 13.0 Å². The number of rotatable bonds is 4. The molecule has 0 unspecified atom stereocenters. The Labute approximate surface area is 173 Å². The zero-order chi connectivity index (χ0) is 20.7. The maximum atomic E-state index is 13.0. The van der Waals surface area contributed by atoms with Gasteiger partial charge in [0, 0.05) is 35.8 Å². The summed E-state index contributed by atoms with van der Waals surface area (Å²) in [5.41, 5.74) is 3.94. The van der Waals surface area contributed by atoms with Crippen molar-refractivity contribution in [2.45, 2.75) is 25.3 Å². The molecule has 1 atom stereocenters. The van der Waals surface area contributed by atoms with E-state index in [9.17, 15) is 14.4 Å². The molecular weight excluding hydrogens is 380 g/mol. The number of carbonyl (C=O) groups is 3. The van der Waals surface area contributed by atoms with Crippen LogP contribution in [0.5, 0.6) is 0 Å². The number of fused-ring (bicyclic) bond motifs is 2. The van der Waals surface area contributed by atoms with E-state index in [1.54, 1.807) is 4.90 Å². The molecule has 0 radical (unpaired) electrons. The molecule has 5 rings (SSSR count). The Morgan fingerprint density at radius 3 is 2.77 bits per heavy atom. The van der Waals surface area contributed by atoms with Crippen LogP contribution in [0, 0.1) is 0 Å². The molecule has 2 aliphatic rings. The summed E-state index contributed by atoms with van der Waals surface area (Å²) in [5, 5.41) is 3.76. The topological polar surface area (TPSA) is 85.5 Å². The van der Waals surface area contributed by atoms with Gasteiger partial charge in [-0.1, -0.05) is 36.4 Å². The molecule has 7 nitrogen and oxygen atoms in total. The van der Waals surface area contributed by atoms with Gasteiger partial charge in [-0.05, 0) is 36.1 Å². The first kappa shape index (κ1) is 18.4. The number of benzene rings is 2. The third-order valence-corrected chi connectivity index (χ3v) is 5.91. The first-order chi connectivity index (χ1) is 14.6. The van der Waals surface area contributed by atoms with Gasteiger partial charge in [0.05, 0.1) is 0 Å². The lowest BCUT2D eigenvalue weighted by Crippen LogP contribution is -2.45. The summed E-state index contributed by atoms with van der Waals surface area (Å²) >= 11 is 0. The number of imide groups is 1. The number of aryl methyl sites for hydroxylation is 1. The van der Waals surface area contributed by atoms with Gasteiger partial charge in [0.15, 0.2) is 0 Å². The Bertz CT molecular complexity index is 1150. The summed E-state index contributed by atoms with van der Waals surface area (Å²) in [4.78, 5) is 44.2. The van der Waals surface area contributed by atoms with Gasteiger partial charge >= 0.3 is 6.03 Å². The Morgan fingerprint density at radius 1 is 1.07 bits per heavy atom. The van der Waals surface area contributed by atoms with Gasteiger partial charge in [0.1, 0.15) is 12.6 Å². The minimum absolute atomic E-state index is 0.238. The van der Waals surface area contributed by atoms with E-state index in [4.69, 9.17) is 0 Å². The van der Waals surface area contributed by atoms with Crippen LogP contribution < -0.4 is 10.2 Å². The number of hydrogen-bond acceptors (Lipinski definition) is 3. The highest BCUT2D eigenvalue weighted by atomic mass is 16.2. The molecule has 0 spiro atoms. The normalized spacial score (nSPS) is 18.6. The van der Waals surface area contributed by atoms with Crippen molar-refractivity contribution in [1.29, 1.82) is 0 Å². The molecule has 2 N–H and O–H groups in total. The molecule has 1 aromatic heterocycles. The van der Waals surface area contributed by atoms with Crippen LogP contribution in [0.4, 0.5) is 10.5 Å². The molecule has 0 aliphatic carbocycles. The van der Waals surface area contributed by atoms with Gasteiger partial charge in [0.2, 0.25) is 5.91 Å². The number of nitrogens with one attached hydrogen (secondary N) is 2. The molecule has 1 saturated heterocycles. The van der Waals surface area contributed by atoms with Gasteiger partial charge in [-0.15, -0.1) is 0 Å². The van der Waals surface area contributed by atoms with Crippen LogP contribution >= 0.6 is 0 Å². The number of anilines is 1. The minimum atomic E-state index is -0.668. The van der Waals surface area contributed by atoms with Gasteiger partial charge in [-0.3, -0.25) is 14.5 Å². The average Bonchev–Trinajstić information content (AvgIpc) is 3.29. The number of aromatic nitrogens is 1. The zero-order valence-electron chi connectivity index (χ0n) is 16.4. The van der Waals surface area contributed by atoms with Crippen LogP contribution in [0.2, 0.25) is 0 Å². The first-order valence-electron chi connectivity index (χ1n) is 10.2. The summed E-state index contributed by atoms with van der Waals surface area (Å²) in [7, 11) is 0. The molecule has 152 valence electrons. The molecule has 0 bridgehead atoms. The number of carbonyl (C=O) groups excluding carboxylic acids is 3. The average molecular weight is 402 g/mol. The number of amides is 4. The number of aromatic amines is 1. The summed E-state index contributed by atoms with van der Waals surface area (Å²) in [6.07, 6.45) is 4.04. The first-order valence-corrected chi connectivity index (χ1v) is 10.2. The lowest BCUT2D eigenvalue weighted by atomic mass is 10.0. The Morgan fingerprint density at radius 2 is 1.87 bits per heavy atom. The van der Waals surface area contributed by atoms with E-state index in [-0.39, 0.29) is 18.4 Å². The van der Waals surface area contributed by atoms with Crippen LogP contribution in [-0.2, 0) is 22.4 Å². The number of urea groups is 1. The quantitative estimate of drug-likeness (QED) is 0.658. The zero-order valence-corrected chi connectivity index (χ0v) is 16.4. The largest absolute Gasteiger partial charge is 0.361 e. The van der Waals surface area contributed by atoms with Gasteiger partial charge in [-0.2, -0.15) is 0 Å². The molecule has 30 heavy (non-hydrogen) atoms. The number of H-pyrrole nitrogens is 1. The molecule has 2 aromatic carbocycles. The molecule has 3 aromatic rings. The van der Waals surface area contributed by atoms with Crippen LogP contribution in [0.15, 0.2) is 54.7 Å². The summed E-state index contributed by atoms with van der Waals surface area (Å²) in [6, 6.07) is 14.4. The third-order valence-electron chi connectivity index (χ3n) is 5.91. The minimum Gasteiger partial charge on any atom is -0.361 e. The van der Waals surface area contributed by atoms with Crippen molar-refractivity contribution >= 4 is 34.4 Å². The predicted octanol–water partition coefficient (Wildman–Crippen LogP) is 2.61. The fraction of sp³-hybridized carbons (Fsp3) is 0.261. The fourth-order valence-corrected chi connectivity index (χ4v) is 4.40. The van der Waals surface area contributed by atoms with Crippen LogP contribution in [0.3, 0.4) is 0 Å². The fourth-order valence-electron chi connectivity index (χ4n) is 4.40. The lowest BCUT2D eigenvalue weighted by Gasteiger charge is -2.30.